The summed E-state index contributed by atoms with van der Waals surface area (Å²) in [5.74, 6) is -0.0836. The fraction of sp³-hybridized carbons (Fsp3) is 0.222. The maximum atomic E-state index is 11.0. The van der Waals surface area contributed by atoms with Crippen molar-refractivity contribution in [1.29, 1.82) is 0 Å². The summed E-state index contributed by atoms with van der Waals surface area (Å²) in [6.07, 6.45) is 0. The van der Waals surface area contributed by atoms with Gasteiger partial charge in [-0.15, -0.1) is 0 Å². The van der Waals surface area contributed by atoms with Gasteiger partial charge in [0.05, 0.1) is 5.71 Å². The van der Waals surface area contributed by atoms with Crippen molar-refractivity contribution in [1.82, 2.24) is 0 Å². The SMILES string of the molecule is CC(=O)Nc1ccc(/C(C)=N/OCc2ccccc2C)cc1. The molecule has 2 rings (SSSR count). The Morgan fingerprint density at radius 3 is 2.41 bits per heavy atom. The minimum absolute atomic E-state index is 0.0836. The zero-order valence-corrected chi connectivity index (χ0v) is 13.1. The zero-order chi connectivity index (χ0) is 15.9. The van der Waals surface area contributed by atoms with Gasteiger partial charge in [0.25, 0.3) is 0 Å². The Bertz CT molecular complexity index is 676. The molecule has 0 atom stereocenters. The summed E-state index contributed by atoms with van der Waals surface area (Å²) < 4.78 is 0. The van der Waals surface area contributed by atoms with Crippen LogP contribution in [0.3, 0.4) is 0 Å². The first kappa shape index (κ1) is 15.8. The summed E-state index contributed by atoms with van der Waals surface area (Å²) in [4.78, 5) is 16.4. The van der Waals surface area contributed by atoms with Crippen LogP contribution in [0.1, 0.15) is 30.5 Å². The lowest BCUT2D eigenvalue weighted by Crippen LogP contribution is -2.06. The van der Waals surface area contributed by atoms with E-state index in [2.05, 4.69) is 23.5 Å². The maximum Gasteiger partial charge on any atom is 0.221 e. The Kier molecular flexibility index (Phi) is 5.31. The second-order valence-electron chi connectivity index (χ2n) is 5.14. The van der Waals surface area contributed by atoms with E-state index in [-0.39, 0.29) is 5.91 Å². The Balaban J connectivity index is 1.97. The van der Waals surface area contributed by atoms with Crippen molar-refractivity contribution in [2.24, 2.45) is 5.16 Å². The Hall–Kier alpha value is -2.62. The number of anilines is 1. The molecule has 0 fully saturated rings. The molecule has 0 unspecified atom stereocenters. The molecule has 0 spiro atoms. The van der Waals surface area contributed by atoms with Crippen molar-refractivity contribution in [2.75, 3.05) is 5.32 Å². The minimum Gasteiger partial charge on any atom is -0.391 e. The minimum atomic E-state index is -0.0836. The first-order valence-corrected chi connectivity index (χ1v) is 7.15. The normalized spacial score (nSPS) is 11.1. The van der Waals surface area contributed by atoms with Gasteiger partial charge >= 0.3 is 0 Å². The zero-order valence-electron chi connectivity index (χ0n) is 13.1. The molecule has 1 amide bonds. The summed E-state index contributed by atoms with van der Waals surface area (Å²) in [6, 6.07) is 15.6. The van der Waals surface area contributed by atoms with Gasteiger partial charge < -0.3 is 10.2 Å². The highest BCUT2D eigenvalue weighted by atomic mass is 16.6. The molecule has 2 aromatic rings. The van der Waals surface area contributed by atoms with Gasteiger partial charge in [0.15, 0.2) is 0 Å². The van der Waals surface area contributed by atoms with Gasteiger partial charge in [0, 0.05) is 12.6 Å². The number of hydrogen-bond donors (Lipinski definition) is 1. The van der Waals surface area contributed by atoms with E-state index >= 15 is 0 Å². The third-order valence-electron chi connectivity index (χ3n) is 3.31. The first-order valence-electron chi connectivity index (χ1n) is 7.15. The number of hydrogen-bond acceptors (Lipinski definition) is 3. The second kappa shape index (κ2) is 7.41. The number of nitrogens with one attached hydrogen (secondary N) is 1. The molecule has 4 nitrogen and oxygen atoms in total. The van der Waals surface area contributed by atoms with Gasteiger partial charge in [-0.3, -0.25) is 4.79 Å². The van der Waals surface area contributed by atoms with Gasteiger partial charge in [0.1, 0.15) is 6.61 Å². The second-order valence-corrected chi connectivity index (χ2v) is 5.14. The predicted molar refractivity (Wildman–Crippen MR) is 88.9 cm³/mol. The highest BCUT2D eigenvalue weighted by Gasteiger charge is 2.01. The van der Waals surface area contributed by atoms with Crippen LogP contribution in [-0.4, -0.2) is 11.6 Å². The fourth-order valence-corrected chi connectivity index (χ4v) is 2.02. The molecule has 0 aliphatic carbocycles. The fourth-order valence-electron chi connectivity index (χ4n) is 2.02. The molecule has 2 aromatic carbocycles. The number of benzene rings is 2. The Labute approximate surface area is 130 Å². The molecule has 0 bridgehead atoms. The summed E-state index contributed by atoms with van der Waals surface area (Å²) in [6.45, 7) is 5.88. The van der Waals surface area contributed by atoms with E-state index in [4.69, 9.17) is 4.84 Å². The summed E-state index contributed by atoms with van der Waals surface area (Å²) >= 11 is 0. The standard InChI is InChI=1S/C18H20N2O2/c1-13-6-4-5-7-17(13)12-22-20-14(2)16-8-10-18(11-9-16)19-15(3)21/h4-11H,12H2,1-3H3,(H,19,21)/b20-14+. The van der Waals surface area contributed by atoms with E-state index < -0.39 is 0 Å². The van der Waals surface area contributed by atoms with Crippen molar-refractivity contribution in [2.45, 2.75) is 27.4 Å². The van der Waals surface area contributed by atoms with Crippen molar-refractivity contribution in [3.05, 3.63) is 65.2 Å². The van der Waals surface area contributed by atoms with Crippen molar-refractivity contribution >= 4 is 17.3 Å². The van der Waals surface area contributed by atoms with E-state index in [1.165, 1.54) is 12.5 Å². The third kappa shape index (κ3) is 4.45. The van der Waals surface area contributed by atoms with Gasteiger partial charge in [-0.1, -0.05) is 41.6 Å². The van der Waals surface area contributed by atoms with Gasteiger partial charge in [-0.2, -0.15) is 0 Å². The molecule has 4 heteroatoms. The number of nitrogens with zero attached hydrogens (tertiary/aromatic N) is 1. The molecule has 0 aliphatic heterocycles. The number of aryl methyl sites for hydroxylation is 1. The van der Waals surface area contributed by atoms with Crippen LogP contribution in [0.2, 0.25) is 0 Å². The number of rotatable bonds is 5. The van der Waals surface area contributed by atoms with Crippen molar-refractivity contribution < 1.29 is 9.63 Å². The van der Waals surface area contributed by atoms with Gasteiger partial charge in [-0.05, 0) is 42.7 Å². The van der Waals surface area contributed by atoms with E-state index in [0.717, 1.165) is 22.5 Å². The quantitative estimate of drug-likeness (QED) is 0.672. The molecule has 0 saturated heterocycles. The molecule has 0 aliphatic rings. The number of amides is 1. The van der Waals surface area contributed by atoms with Crippen LogP contribution in [0.25, 0.3) is 0 Å². The van der Waals surface area contributed by atoms with E-state index in [0.29, 0.717) is 6.61 Å². The smallest absolute Gasteiger partial charge is 0.221 e. The Morgan fingerprint density at radius 1 is 1.09 bits per heavy atom. The van der Waals surface area contributed by atoms with Crippen LogP contribution < -0.4 is 5.32 Å². The maximum absolute atomic E-state index is 11.0. The number of carbonyl (C=O) groups is 1. The average molecular weight is 296 g/mol. The molecule has 0 heterocycles. The highest BCUT2D eigenvalue weighted by Crippen LogP contribution is 2.12. The summed E-state index contributed by atoms with van der Waals surface area (Å²) in [5, 5.41) is 6.88. The molecule has 114 valence electrons. The number of carbonyl (C=O) groups excluding carboxylic acids is 1. The molecular formula is C18H20N2O2. The molecule has 0 radical (unpaired) electrons. The molecular weight excluding hydrogens is 276 g/mol. The molecule has 1 N–H and O–H groups in total. The molecule has 0 aromatic heterocycles. The third-order valence-corrected chi connectivity index (χ3v) is 3.31. The number of oxime groups is 1. The van der Waals surface area contributed by atoms with Crippen LogP contribution in [0.4, 0.5) is 5.69 Å². The summed E-state index contributed by atoms with van der Waals surface area (Å²) in [5.41, 5.74) is 4.83. The predicted octanol–water partition coefficient (Wildman–Crippen LogP) is 3.89. The monoisotopic (exact) mass is 296 g/mol. The summed E-state index contributed by atoms with van der Waals surface area (Å²) in [7, 11) is 0. The van der Waals surface area contributed by atoms with Gasteiger partial charge in [-0.25, -0.2) is 0 Å². The van der Waals surface area contributed by atoms with Crippen LogP contribution in [0.15, 0.2) is 53.7 Å². The van der Waals surface area contributed by atoms with Gasteiger partial charge in [0.2, 0.25) is 5.91 Å². The van der Waals surface area contributed by atoms with Crippen molar-refractivity contribution in [3.8, 4) is 0 Å². The van der Waals surface area contributed by atoms with Crippen LogP contribution >= 0.6 is 0 Å². The lowest BCUT2D eigenvalue weighted by molar-refractivity contribution is -0.114. The molecule has 0 saturated carbocycles. The Morgan fingerprint density at radius 2 is 1.77 bits per heavy atom. The first-order chi connectivity index (χ1) is 10.6. The average Bonchev–Trinajstić information content (AvgIpc) is 2.49. The lowest BCUT2D eigenvalue weighted by Gasteiger charge is -2.06. The van der Waals surface area contributed by atoms with E-state index in [9.17, 15) is 4.79 Å². The largest absolute Gasteiger partial charge is 0.391 e. The topological polar surface area (TPSA) is 50.7 Å². The van der Waals surface area contributed by atoms with Crippen LogP contribution in [-0.2, 0) is 16.2 Å². The van der Waals surface area contributed by atoms with E-state index in [1.54, 1.807) is 0 Å². The molecule has 22 heavy (non-hydrogen) atoms. The van der Waals surface area contributed by atoms with Crippen LogP contribution in [0, 0.1) is 6.92 Å². The van der Waals surface area contributed by atoms with E-state index in [1.807, 2.05) is 49.4 Å². The van der Waals surface area contributed by atoms with Crippen molar-refractivity contribution in [3.63, 3.8) is 0 Å². The highest BCUT2D eigenvalue weighted by molar-refractivity contribution is 5.99. The van der Waals surface area contributed by atoms with Crippen LogP contribution in [0.5, 0.6) is 0 Å². The lowest BCUT2D eigenvalue weighted by atomic mass is 10.1.